The predicted molar refractivity (Wildman–Crippen MR) is 31.7 cm³/mol. The van der Waals surface area contributed by atoms with Crippen molar-refractivity contribution in [2.24, 2.45) is 0 Å². The van der Waals surface area contributed by atoms with Crippen molar-refractivity contribution in [1.29, 1.82) is 0 Å². The Labute approximate surface area is 74.1 Å². The maximum atomic E-state index is 10.6. The Morgan fingerprint density at radius 2 is 2.12 bits per heavy atom. The van der Waals surface area contributed by atoms with Gasteiger partial charge in [0.2, 0.25) is 0 Å². The summed E-state index contributed by atoms with van der Waals surface area (Å²) < 4.78 is -0.274. The maximum Gasteiger partial charge on any atom is 1.00 e. The molecule has 0 fully saturated rings. The van der Waals surface area contributed by atoms with Gasteiger partial charge in [-0.15, -0.1) is 0 Å². The minimum atomic E-state index is -0.274. The molecule has 0 aromatic rings. The van der Waals surface area contributed by atoms with Gasteiger partial charge in [-0.3, -0.25) is 0 Å². The Morgan fingerprint density at radius 1 is 1.75 bits per heavy atom. The third-order valence-electron chi connectivity index (χ3n) is 0.569. The van der Waals surface area contributed by atoms with E-state index in [1.54, 1.807) is 20.2 Å². The zero-order valence-corrected chi connectivity index (χ0v) is 7.85. The first kappa shape index (κ1) is 11.5. The summed E-state index contributed by atoms with van der Waals surface area (Å²) in [6.07, 6.45) is 1.62. The summed E-state index contributed by atoms with van der Waals surface area (Å²) in [5.74, 6) is 0. The van der Waals surface area contributed by atoms with Crippen molar-refractivity contribution < 1.29 is 35.6 Å². The second kappa shape index (κ2) is 4.53. The van der Waals surface area contributed by atoms with E-state index in [9.17, 15) is 5.21 Å². The molecule has 44 valence electrons. The monoisotopic (exact) mass is 125 g/mol. The standard InChI is InChI=1S/C5H11NO.Na.H/c1-4-5-6(2,3)7;;/h4H,1,5H2,2-3H3;;/q;+1;-1. The fourth-order valence-corrected chi connectivity index (χ4v) is 0.311. The van der Waals surface area contributed by atoms with E-state index in [0.29, 0.717) is 6.54 Å². The Morgan fingerprint density at radius 3 is 2.12 bits per heavy atom. The molecule has 0 saturated carbocycles. The van der Waals surface area contributed by atoms with Crippen molar-refractivity contribution in [3.63, 3.8) is 0 Å². The van der Waals surface area contributed by atoms with Gasteiger partial charge < -0.3 is 11.3 Å². The molecule has 0 aliphatic rings. The number of quaternary nitrogens is 1. The van der Waals surface area contributed by atoms with Gasteiger partial charge in [0, 0.05) is 0 Å². The Kier molecular flexibility index (Phi) is 6.49. The van der Waals surface area contributed by atoms with E-state index in [1.807, 2.05) is 0 Å². The molecule has 0 unspecified atom stereocenters. The number of hydroxylamine groups is 3. The largest absolute Gasteiger partial charge is 1.00 e. The second-order valence-corrected chi connectivity index (χ2v) is 2.05. The van der Waals surface area contributed by atoms with Gasteiger partial charge in [-0.25, -0.2) is 0 Å². The molecular formula is C5H12NNaO. The topological polar surface area (TPSA) is 23.1 Å². The maximum absolute atomic E-state index is 10.6. The van der Waals surface area contributed by atoms with E-state index in [4.69, 9.17) is 0 Å². The molecule has 0 aliphatic carbocycles. The fraction of sp³-hybridized carbons (Fsp3) is 0.600. The molecule has 0 amide bonds. The first-order valence-corrected chi connectivity index (χ1v) is 2.21. The van der Waals surface area contributed by atoms with Gasteiger partial charge in [0.15, 0.2) is 0 Å². The zero-order valence-electron chi connectivity index (χ0n) is 6.85. The normalized spacial score (nSPS) is 9.88. The summed E-state index contributed by atoms with van der Waals surface area (Å²) >= 11 is 0. The Bertz CT molecular complexity index is 71.8. The zero-order chi connectivity index (χ0) is 5.91. The fourth-order valence-electron chi connectivity index (χ4n) is 0.311. The molecule has 2 nitrogen and oxygen atoms in total. The van der Waals surface area contributed by atoms with E-state index in [-0.39, 0.29) is 35.6 Å². The first-order valence-electron chi connectivity index (χ1n) is 2.21. The number of likely N-dealkylation sites (N-methyl/N-ethyl adjacent to an activating group) is 1. The first-order chi connectivity index (χ1) is 3.06. The molecule has 0 heterocycles. The van der Waals surface area contributed by atoms with E-state index < -0.39 is 0 Å². The smallest absolute Gasteiger partial charge is 1.00 e. The summed E-state index contributed by atoms with van der Waals surface area (Å²) in [5.41, 5.74) is 0. The molecule has 0 atom stereocenters. The average Bonchev–Trinajstić information content (AvgIpc) is 1.30. The molecule has 0 bridgehead atoms. The minimum absolute atomic E-state index is 0. The van der Waals surface area contributed by atoms with Crippen molar-refractivity contribution in [3.05, 3.63) is 17.9 Å². The summed E-state index contributed by atoms with van der Waals surface area (Å²) in [7, 11) is 3.17. The van der Waals surface area contributed by atoms with Gasteiger partial charge in [-0.05, 0) is 6.08 Å². The van der Waals surface area contributed by atoms with Gasteiger partial charge in [-0.1, -0.05) is 6.58 Å². The average molecular weight is 125 g/mol. The molecule has 0 saturated heterocycles. The van der Waals surface area contributed by atoms with Crippen molar-refractivity contribution in [1.82, 2.24) is 0 Å². The molecule has 0 spiro atoms. The molecular weight excluding hydrogens is 113 g/mol. The second-order valence-electron chi connectivity index (χ2n) is 2.05. The number of hydrogen-bond acceptors (Lipinski definition) is 1. The summed E-state index contributed by atoms with van der Waals surface area (Å²) in [5, 5.41) is 10.6. The van der Waals surface area contributed by atoms with Crippen LogP contribution in [0.4, 0.5) is 0 Å². The van der Waals surface area contributed by atoms with Crippen molar-refractivity contribution in [3.8, 4) is 0 Å². The van der Waals surface area contributed by atoms with Crippen LogP contribution < -0.4 is 29.6 Å². The molecule has 0 aliphatic heterocycles. The van der Waals surface area contributed by atoms with Gasteiger partial charge in [0.25, 0.3) is 0 Å². The van der Waals surface area contributed by atoms with Gasteiger partial charge in [-0.2, -0.15) is 0 Å². The van der Waals surface area contributed by atoms with Crippen LogP contribution >= 0.6 is 0 Å². The van der Waals surface area contributed by atoms with Crippen molar-refractivity contribution in [2.45, 2.75) is 0 Å². The molecule has 0 aromatic heterocycles. The predicted octanol–water partition coefficient (Wildman–Crippen LogP) is -2.14. The van der Waals surface area contributed by atoms with Crippen LogP contribution in [0.1, 0.15) is 1.43 Å². The van der Waals surface area contributed by atoms with Crippen LogP contribution in [-0.2, 0) is 0 Å². The van der Waals surface area contributed by atoms with E-state index >= 15 is 0 Å². The molecule has 8 heavy (non-hydrogen) atoms. The van der Waals surface area contributed by atoms with Gasteiger partial charge in [0.05, 0.1) is 20.6 Å². The SMILES string of the molecule is C=CC[N+](C)(C)[O-].[H-].[Na+]. The minimum Gasteiger partial charge on any atom is -1.00 e. The van der Waals surface area contributed by atoms with E-state index in [0.717, 1.165) is 0 Å². The van der Waals surface area contributed by atoms with Crippen molar-refractivity contribution in [2.75, 3.05) is 20.6 Å². The molecule has 0 aromatic carbocycles. The third kappa shape index (κ3) is 9.83. The van der Waals surface area contributed by atoms with Crippen LogP contribution in [0.5, 0.6) is 0 Å². The van der Waals surface area contributed by atoms with Crippen LogP contribution in [0, 0.1) is 5.21 Å². The van der Waals surface area contributed by atoms with E-state index in [1.165, 1.54) is 0 Å². The van der Waals surface area contributed by atoms with Crippen LogP contribution in [0.2, 0.25) is 0 Å². The van der Waals surface area contributed by atoms with Crippen LogP contribution in [0.25, 0.3) is 0 Å². The Balaban J connectivity index is -0.000000180. The summed E-state index contributed by atoms with van der Waals surface area (Å²) in [4.78, 5) is 0. The van der Waals surface area contributed by atoms with Crippen LogP contribution in [-0.4, -0.2) is 25.3 Å². The molecule has 3 heteroatoms. The van der Waals surface area contributed by atoms with Crippen LogP contribution in [0.15, 0.2) is 12.7 Å². The quantitative estimate of drug-likeness (QED) is 0.179. The Hall–Kier alpha value is 0.660. The van der Waals surface area contributed by atoms with Crippen molar-refractivity contribution >= 4 is 0 Å². The number of rotatable bonds is 2. The van der Waals surface area contributed by atoms with Gasteiger partial charge >= 0.3 is 29.6 Å². The summed E-state index contributed by atoms with van der Waals surface area (Å²) in [6.45, 7) is 3.92. The molecule has 0 radical (unpaired) electrons. The van der Waals surface area contributed by atoms with Gasteiger partial charge in [0.1, 0.15) is 0 Å². The molecule has 0 rings (SSSR count). The number of nitrogens with zero attached hydrogens (tertiary/aromatic N) is 1. The van der Waals surface area contributed by atoms with E-state index in [2.05, 4.69) is 6.58 Å². The van der Waals surface area contributed by atoms with Crippen LogP contribution in [0.3, 0.4) is 0 Å². The summed E-state index contributed by atoms with van der Waals surface area (Å²) in [6, 6.07) is 0. The molecule has 0 N–H and O–H groups in total. The third-order valence-corrected chi connectivity index (χ3v) is 0.569. The number of hydrogen-bond donors (Lipinski definition) is 0.